The lowest BCUT2D eigenvalue weighted by molar-refractivity contribution is 0.0770. The third kappa shape index (κ3) is 2.40. The predicted molar refractivity (Wildman–Crippen MR) is 79.1 cm³/mol. The summed E-state index contributed by atoms with van der Waals surface area (Å²) in [5.74, 6) is 2.19. The van der Waals surface area contributed by atoms with E-state index in [9.17, 15) is 4.79 Å². The molecule has 1 fully saturated rings. The molecule has 0 bridgehead atoms. The van der Waals surface area contributed by atoms with Gasteiger partial charge in [0.1, 0.15) is 0 Å². The zero-order valence-electron chi connectivity index (χ0n) is 11.7. The number of hydrogen-bond acceptors (Lipinski definition) is 5. The SMILES string of the molecule is Cc1cc(C(=O)N2CCCSCC2)c2c(C)noc2n1. The molecule has 0 saturated carbocycles. The number of pyridine rings is 1. The molecule has 0 spiro atoms. The van der Waals surface area contributed by atoms with Crippen molar-refractivity contribution < 1.29 is 9.32 Å². The Balaban J connectivity index is 2.03. The summed E-state index contributed by atoms with van der Waals surface area (Å²) in [5, 5.41) is 4.68. The summed E-state index contributed by atoms with van der Waals surface area (Å²) in [6.07, 6.45) is 1.05. The van der Waals surface area contributed by atoms with Crippen LogP contribution in [0, 0.1) is 13.8 Å². The molecule has 5 nitrogen and oxygen atoms in total. The first kappa shape index (κ1) is 13.4. The monoisotopic (exact) mass is 291 g/mol. The molecule has 2 aromatic rings. The molecule has 1 aliphatic rings. The molecule has 1 saturated heterocycles. The molecule has 1 amide bonds. The van der Waals surface area contributed by atoms with Crippen LogP contribution in [-0.4, -0.2) is 45.5 Å². The van der Waals surface area contributed by atoms with Crippen LogP contribution in [0.4, 0.5) is 0 Å². The second kappa shape index (κ2) is 5.44. The quantitative estimate of drug-likeness (QED) is 0.807. The molecule has 1 aliphatic heterocycles. The number of thioether (sulfide) groups is 1. The topological polar surface area (TPSA) is 59.2 Å². The summed E-state index contributed by atoms with van der Waals surface area (Å²) in [5.41, 5.74) is 2.62. The van der Waals surface area contributed by atoms with E-state index >= 15 is 0 Å². The minimum atomic E-state index is 0.0642. The molecule has 20 heavy (non-hydrogen) atoms. The minimum absolute atomic E-state index is 0.0642. The van der Waals surface area contributed by atoms with E-state index in [0.717, 1.165) is 47.8 Å². The normalized spacial score (nSPS) is 16.4. The van der Waals surface area contributed by atoms with Gasteiger partial charge < -0.3 is 9.42 Å². The Bertz CT molecular complexity index is 645. The Labute approximate surface area is 121 Å². The van der Waals surface area contributed by atoms with E-state index in [-0.39, 0.29) is 5.91 Å². The molecular weight excluding hydrogens is 274 g/mol. The maximum atomic E-state index is 12.8. The van der Waals surface area contributed by atoms with Crippen LogP contribution in [-0.2, 0) is 0 Å². The summed E-state index contributed by atoms with van der Waals surface area (Å²) in [6, 6.07) is 1.84. The first-order chi connectivity index (χ1) is 9.66. The van der Waals surface area contributed by atoms with Gasteiger partial charge in [0.25, 0.3) is 11.6 Å². The highest BCUT2D eigenvalue weighted by atomic mass is 32.2. The Morgan fingerprint density at radius 3 is 3.05 bits per heavy atom. The van der Waals surface area contributed by atoms with Gasteiger partial charge in [-0.25, -0.2) is 4.98 Å². The molecule has 0 radical (unpaired) electrons. The number of rotatable bonds is 1. The summed E-state index contributed by atoms with van der Waals surface area (Å²) < 4.78 is 5.20. The maximum Gasteiger partial charge on any atom is 0.258 e. The second-order valence-electron chi connectivity index (χ2n) is 5.02. The molecule has 0 aliphatic carbocycles. The zero-order chi connectivity index (χ0) is 14.1. The Kier molecular flexibility index (Phi) is 3.65. The number of amides is 1. The Morgan fingerprint density at radius 1 is 1.35 bits per heavy atom. The highest BCUT2D eigenvalue weighted by molar-refractivity contribution is 7.99. The van der Waals surface area contributed by atoms with Crippen molar-refractivity contribution in [3.05, 3.63) is 23.0 Å². The van der Waals surface area contributed by atoms with Crippen LogP contribution in [0.25, 0.3) is 11.1 Å². The van der Waals surface area contributed by atoms with Crippen LogP contribution in [0.3, 0.4) is 0 Å². The van der Waals surface area contributed by atoms with Crippen molar-refractivity contribution in [3.8, 4) is 0 Å². The molecule has 3 rings (SSSR count). The molecule has 0 N–H and O–H groups in total. The van der Waals surface area contributed by atoms with Crippen molar-refractivity contribution in [3.63, 3.8) is 0 Å². The number of carbonyl (C=O) groups excluding carboxylic acids is 1. The van der Waals surface area contributed by atoms with E-state index < -0.39 is 0 Å². The zero-order valence-corrected chi connectivity index (χ0v) is 12.5. The average molecular weight is 291 g/mol. The number of aromatic nitrogens is 2. The van der Waals surface area contributed by atoms with E-state index in [0.29, 0.717) is 11.3 Å². The van der Waals surface area contributed by atoms with Crippen molar-refractivity contribution in [2.24, 2.45) is 0 Å². The summed E-state index contributed by atoms with van der Waals surface area (Å²) in [4.78, 5) is 19.0. The van der Waals surface area contributed by atoms with Crippen molar-refractivity contribution >= 4 is 28.8 Å². The van der Waals surface area contributed by atoms with Crippen LogP contribution in [0.15, 0.2) is 10.6 Å². The first-order valence-corrected chi connectivity index (χ1v) is 7.93. The molecule has 0 atom stereocenters. The lowest BCUT2D eigenvalue weighted by Gasteiger charge is -2.20. The minimum Gasteiger partial charge on any atom is -0.338 e. The molecule has 6 heteroatoms. The van der Waals surface area contributed by atoms with Gasteiger partial charge in [0, 0.05) is 24.5 Å². The highest BCUT2D eigenvalue weighted by Gasteiger charge is 2.23. The van der Waals surface area contributed by atoms with Crippen LogP contribution in [0.5, 0.6) is 0 Å². The fraction of sp³-hybridized carbons (Fsp3) is 0.500. The molecule has 106 valence electrons. The lowest BCUT2D eigenvalue weighted by Crippen LogP contribution is -2.33. The van der Waals surface area contributed by atoms with E-state index in [2.05, 4.69) is 10.1 Å². The molecular formula is C14H17N3O2S. The smallest absolute Gasteiger partial charge is 0.258 e. The van der Waals surface area contributed by atoms with E-state index in [1.807, 2.05) is 36.6 Å². The number of aryl methyl sites for hydroxylation is 2. The highest BCUT2D eigenvalue weighted by Crippen LogP contribution is 2.24. The van der Waals surface area contributed by atoms with Gasteiger partial charge >= 0.3 is 0 Å². The standard InChI is InChI=1S/C14H17N3O2S/c1-9-8-11(12-10(2)16-19-13(12)15-9)14(18)17-4-3-6-20-7-5-17/h8H,3-7H2,1-2H3. The van der Waals surface area contributed by atoms with Gasteiger partial charge in [-0.1, -0.05) is 5.16 Å². The average Bonchev–Trinajstić information content (AvgIpc) is 2.68. The molecule has 0 aromatic carbocycles. The number of nitrogens with zero attached hydrogens (tertiary/aromatic N) is 3. The number of hydrogen-bond donors (Lipinski definition) is 0. The molecule has 3 heterocycles. The van der Waals surface area contributed by atoms with E-state index in [1.165, 1.54) is 0 Å². The van der Waals surface area contributed by atoms with Gasteiger partial charge in [-0.2, -0.15) is 11.8 Å². The van der Waals surface area contributed by atoms with Gasteiger partial charge in [0.05, 0.1) is 16.6 Å². The fourth-order valence-corrected chi connectivity index (χ4v) is 3.39. The Morgan fingerprint density at radius 2 is 2.20 bits per heavy atom. The van der Waals surface area contributed by atoms with Crippen LogP contribution < -0.4 is 0 Å². The summed E-state index contributed by atoms with van der Waals surface area (Å²) >= 11 is 1.91. The van der Waals surface area contributed by atoms with Crippen LogP contribution in [0.1, 0.15) is 28.2 Å². The third-order valence-corrected chi connectivity index (χ3v) is 4.53. The van der Waals surface area contributed by atoms with Gasteiger partial charge in [0.15, 0.2) is 0 Å². The van der Waals surface area contributed by atoms with Gasteiger partial charge in [0.2, 0.25) is 0 Å². The first-order valence-electron chi connectivity index (χ1n) is 6.77. The van der Waals surface area contributed by atoms with Crippen LogP contribution >= 0.6 is 11.8 Å². The largest absolute Gasteiger partial charge is 0.338 e. The number of fused-ring (bicyclic) bond motifs is 1. The fourth-order valence-electron chi connectivity index (χ4n) is 2.51. The second-order valence-corrected chi connectivity index (χ2v) is 6.24. The van der Waals surface area contributed by atoms with Crippen molar-refractivity contribution in [2.45, 2.75) is 20.3 Å². The third-order valence-electron chi connectivity index (χ3n) is 3.49. The molecule has 2 aromatic heterocycles. The maximum absolute atomic E-state index is 12.8. The Hall–Kier alpha value is -1.56. The summed E-state index contributed by atoms with van der Waals surface area (Å²) in [7, 11) is 0. The summed E-state index contributed by atoms with van der Waals surface area (Å²) in [6.45, 7) is 5.33. The van der Waals surface area contributed by atoms with E-state index in [1.54, 1.807) is 0 Å². The van der Waals surface area contributed by atoms with Crippen molar-refractivity contribution in [1.29, 1.82) is 0 Å². The van der Waals surface area contributed by atoms with Crippen LogP contribution in [0.2, 0.25) is 0 Å². The van der Waals surface area contributed by atoms with Crippen molar-refractivity contribution in [2.75, 3.05) is 24.6 Å². The lowest BCUT2D eigenvalue weighted by atomic mass is 10.1. The predicted octanol–water partition coefficient (Wildman–Crippen LogP) is 2.42. The van der Waals surface area contributed by atoms with E-state index in [4.69, 9.17) is 4.52 Å². The number of carbonyl (C=O) groups is 1. The van der Waals surface area contributed by atoms with Gasteiger partial charge in [-0.3, -0.25) is 4.79 Å². The van der Waals surface area contributed by atoms with Gasteiger partial charge in [-0.05, 0) is 32.1 Å². The van der Waals surface area contributed by atoms with Crippen molar-refractivity contribution in [1.82, 2.24) is 15.0 Å². The molecule has 0 unspecified atom stereocenters. The van der Waals surface area contributed by atoms with Gasteiger partial charge in [-0.15, -0.1) is 0 Å².